The number of urea groups is 1. The van der Waals surface area contributed by atoms with E-state index in [0.717, 1.165) is 0 Å². The maximum Gasteiger partial charge on any atom is 0.326 e. The van der Waals surface area contributed by atoms with Crippen LogP contribution in [0.1, 0.15) is 12.1 Å². The molecule has 2 amide bonds. The molecule has 0 bridgehead atoms. The van der Waals surface area contributed by atoms with Gasteiger partial charge in [-0.2, -0.15) is 0 Å². The van der Waals surface area contributed by atoms with Crippen LogP contribution >= 0.6 is 0 Å². The predicted octanol–water partition coefficient (Wildman–Crippen LogP) is 0.910. The van der Waals surface area contributed by atoms with Gasteiger partial charge in [0.05, 0.1) is 12.2 Å². The Balaban J connectivity index is 2.41. The van der Waals surface area contributed by atoms with Gasteiger partial charge in [-0.05, 0) is 18.6 Å². The van der Waals surface area contributed by atoms with Crippen molar-refractivity contribution in [3.8, 4) is 0 Å². The molecule has 1 aromatic heterocycles. The van der Waals surface area contributed by atoms with E-state index in [9.17, 15) is 9.59 Å². The average Bonchev–Trinajstić information content (AvgIpc) is 2.37. The van der Waals surface area contributed by atoms with Gasteiger partial charge in [0.2, 0.25) is 0 Å². The van der Waals surface area contributed by atoms with E-state index in [1.165, 1.54) is 6.08 Å². The van der Waals surface area contributed by atoms with E-state index >= 15 is 0 Å². The highest BCUT2D eigenvalue weighted by Gasteiger charge is 2.17. The van der Waals surface area contributed by atoms with Crippen LogP contribution in [0.3, 0.4) is 0 Å². The van der Waals surface area contributed by atoms with Crippen LogP contribution in [0.2, 0.25) is 0 Å². The summed E-state index contributed by atoms with van der Waals surface area (Å²) in [4.78, 5) is 26.3. The lowest BCUT2D eigenvalue weighted by atomic mass is 10.2. The quantitative estimate of drug-likeness (QED) is 0.653. The fraction of sp³-hybridized carbons (Fsp3) is 0.250. The maximum atomic E-state index is 11.5. The molecule has 6 nitrogen and oxygen atoms in total. The number of carboxylic acid groups (broad SMARTS) is 1. The van der Waals surface area contributed by atoms with E-state index in [2.05, 4.69) is 22.2 Å². The molecule has 0 aliphatic rings. The fourth-order valence-electron chi connectivity index (χ4n) is 1.27. The summed E-state index contributed by atoms with van der Waals surface area (Å²) < 4.78 is 0. The number of hydrogen-bond acceptors (Lipinski definition) is 3. The van der Waals surface area contributed by atoms with Crippen molar-refractivity contribution in [3.63, 3.8) is 0 Å². The Morgan fingerprint density at radius 3 is 2.83 bits per heavy atom. The number of carboxylic acids is 1. The zero-order valence-corrected chi connectivity index (χ0v) is 9.80. The van der Waals surface area contributed by atoms with Crippen LogP contribution in [0.15, 0.2) is 37.1 Å². The first-order valence-corrected chi connectivity index (χ1v) is 5.41. The number of rotatable bonds is 6. The third-order valence-electron chi connectivity index (χ3n) is 2.16. The first-order valence-electron chi connectivity index (χ1n) is 5.41. The number of carbonyl (C=O) groups is 2. The lowest BCUT2D eigenvalue weighted by Crippen LogP contribution is -2.45. The number of aliphatic carboxylic acids is 1. The fourth-order valence-corrected chi connectivity index (χ4v) is 1.27. The van der Waals surface area contributed by atoms with E-state index in [1.807, 2.05) is 0 Å². The Labute approximate surface area is 105 Å². The van der Waals surface area contributed by atoms with Crippen molar-refractivity contribution in [2.45, 2.75) is 19.0 Å². The molecule has 96 valence electrons. The van der Waals surface area contributed by atoms with Gasteiger partial charge in [-0.15, -0.1) is 6.58 Å². The van der Waals surface area contributed by atoms with Crippen molar-refractivity contribution in [2.24, 2.45) is 0 Å². The lowest BCUT2D eigenvalue weighted by Gasteiger charge is -2.13. The molecule has 0 saturated heterocycles. The van der Waals surface area contributed by atoms with Gasteiger partial charge in [-0.1, -0.05) is 12.1 Å². The first kappa shape index (κ1) is 13.7. The minimum Gasteiger partial charge on any atom is -0.480 e. The summed E-state index contributed by atoms with van der Waals surface area (Å²) in [5.41, 5.74) is 0.697. The van der Waals surface area contributed by atoms with Gasteiger partial charge in [0, 0.05) is 6.20 Å². The molecule has 0 fully saturated rings. The Bertz CT molecular complexity index is 420. The summed E-state index contributed by atoms with van der Waals surface area (Å²) in [6.07, 6.45) is 3.23. The molecule has 0 aromatic carbocycles. The molecule has 3 N–H and O–H groups in total. The summed E-state index contributed by atoms with van der Waals surface area (Å²) in [6.45, 7) is 3.68. The minimum absolute atomic E-state index is 0.173. The molecule has 0 radical (unpaired) electrons. The van der Waals surface area contributed by atoms with Crippen LogP contribution in [0.4, 0.5) is 4.79 Å². The normalized spacial score (nSPS) is 11.3. The summed E-state index contributed by atoms with van der Waals surface area (Å²) >= 11 is 0. The van der Waals surface area contributed by atoms with Gasteiger partial charge < -0.3 is 15.7 Å². The highest BCUT2D eigenvalue weighted by Crippen LogP contribution is 1.94. The lowest BCUT2D eigenvalue weighted by molar-refractivity contribution is -0.139. The highest BCUT2D eigenvalue weighted by atomic mass is 16.4. The monoisotopic (exact) mass is 249 g/mol. The van der Waals surface area contributed by atoms with Crippen LogP contribution in [0.5, 0.6) is 0 Å². The minimum atomic E-state index is -1.09. The highest BCUT2D eigenvalue weighted by molar-refractivity contribution is 5.82. The van der Waals surface area contributed by atoms with E-state index in [1.54, 1.807) is 24.4 Å². The zero-order chi connectivity index (χ0) is 13.4. The molecule has 18 heavy (non-hydrogen) atoms. The predicted molar refractivity (Wildman–Crippen MR) is 65.8 cm³/mol. The number of nitrogens with zero attached hydrogens (tertiary/aromatic N) is 1. The molecule has 1 rings (SSSR count). The number of amides is 2. The molecule has 1 unspecified atom stereocenters. The molecule has 0 spiro atoms. The number of carbonyl (C=O) groups excluding carboxylic acids is 1. The third kappa shape index (κ3) is 4.65. The summed E-state index contributed by atoms with van der Waals surface area (Å²) in [6, 6.07) is 3.83. The van der Waals surface area contributed by atoms with E-state index < -0.39 is 18.0 Å². The summed E-state index contributed by atoms with van der Waals surface area (Å²) in [5, 5.41) is 13.7. The smallest absolute Gasteiger partial charge is 0.326 e. The molecular weight excluding hydrogens is 234 g/mol. The number of pyridine rings is 1. The molecule has 1 aromatic rings. The van der Waals surface area contributed by atoms with Gasteiger partial charge in [0.1, 0.15) is 6.04 Å². The molecule has 0 aliphatic heterocycles. The van der Waals surface area contributed by atoms with Crippen molar-refractivity contribution < 1.29 is 14.7 Å². The third-order valence-corrected chi connectivity index (χ3v) is 2.16. The van der Waals surface area contributed by atoms with E-state index in [4.69, 9.17) is 5.11 Å². The topological polar surface area (TPSA) is 91.3 Å². The Hall–Kier alpha value is -2.37. The van der Waals surface area contributed by atoms with Crippen LogP contribution in [-0.2, 0) is 11.3 Å². The molecule has 6 heteroatoms. The number of nitrogens with one attached hydrogen (secondary N) is 2. The van der Waals surface area contributed by atoms with Gasteiger partial charge in [0.25, 0.3) is 0 Å². The SMILES string of the molecule is C=CCC(NC(=O)NCc1ccccn1)C(=O)O. The van der Waals surface area contributed by atoms with Crippen molar-refractivity contribution >= 4 is 12.0 Å². The van der Waals surface area contributed by atoms with E-state index in [0.29, 0.717) is 5.69 Å². The van der Waals surface area contributed by atoms with Crippen molar-refractivity contribution in [1.82, 2.24) is 15.6 Å². The van der Waals surface area contributed by atoms with Gasteiger partial charge >= 0.3 is 12.0 Å². The van der Waals surface area contributed by atoms with Crippen LogP contribution in [0.25, 0.3) is 0 Å². The molecular formula is C12H15N3O3. The molecule has 1 atom stereocenters. The van der Waals surface area contributed by atoms with Crippen molar-refractivity contribution in [3.05, 3.63) is 42.7 Å². The van der Waals surface area contributed by atoms with Crippen LogP contribution in [-0.4, -0.2) is 28.1 Å². The Kier molecular flexibility index (Phi) is 5.37. The van der Waals surface area contributed by atoms with Crippen LogP contribution in [0, 0.1) is 0 Å². The largest absolute Gasteiger partial charge is 0.480 e. The standard InChI is InChI=1S/C12H15N3O3/c1-2-5-10(11(16)17)15-12(18)14-8-9-6-3-4-7-13-9/h2-4,6-7,10H,1,5,8H2,(H,16,17)(H2,14,15,18). The van der Waals surface area contributed by atoms with Gasteiger partial charge in [0.15, 0.2) is 0 Å². The molecule has 0 saturated carbocycles. The second kappa shape index (κ2) is 7.05. The summed E-state index contributed by atoms with van der Waals surface area (Å²) in [7, 11) is 0. The van der Waals surface area contributed by atoms with Crippen molar-refractivity contribution in [1.29, 1.82) is 0 Å². The molecule has 0 aliphatic carbocycles. The zero-order valence-electron chi connectivity index (χ0n) is 9.80. The Morgan fingerprint density at radius 1 is 1.50 bits per heavy atom. The number of aromatic nitrogens is 1. The van der Waals surface area contributed by atoms with Crippen molar-refractivity contribution in [2.75, 3.05) is 0 Å². The summed E-state index contributed by atoms with van der Waals surface area (Å²) in [5.74, 6) is -1.09. The maximum absolute atomic E-state index is 11.5. The Morgan fingerprint density at radius 2 is 2.28 bits per heavy atom. The molecule has 1 heterocycles. The second-order valence-corrected chi connectivity index (χ2v) is 3.56. The second-order valence-electron chi connectivity index (χ2n) is 3.56. The van der Waals surface area contributed by atoms with Gasteiger partial charge in [-0.25, -0.2) is 9.59 Å². The van der Waals surface area contributed by atoms with Crippen LogP contribution < -0.4 is 10.6 Å². The van der Waals surface area contributed by atoms with Gasteiger partial charge in [-0.3, -0.25) is 4.98 Å². The first-order chi connectivity index (χ1) is 8.63. The van der Waals surface area contributed by atoms with E-state index in [-0.39, 0.29) is 13.0 Å². The average molecular weight is 249 g/mol. The number of hydrogen-bond donors (Lipinski definition) is 3.